The van der Waals surface area contributed by atoms with Gasteiger partial charge in [-0.15, -0.1) is 0 Å². The zero-order chi connectivity index (χ0) is 31.1. The number of carboxylic acids is 1. The summed E-state index contributed by atoms with van der Waals surface area (Å²) >= 11 is 0. The van der Waals surface area contributed by atoms with Crippen LogP contribution >= 0.6 is 0 Å². The van der Waals surface area contributed by atoms with Gasteiger partial charge in [0.2, 0.25) is 0 Å². The minimum Gasteiger partial charge on any atom is -0.507 e. The first-order chi connectivity index (χ1) is 21.4. The molecule has 11 heteroatoms. The lowest BCUT2D eigenvalue weighted by Gasteiger charge is -2.12. The third kappa shape index (κ3) is 9.41. The second-order valence-corrected chi connectivity index (χ2v) is 9.96. The Morgan fingerprint density at radius 3 is 1.70 bits per heavy atom. The number of phenols is 2. The highest BCUT2D eigenvalue weighted by Crippen LogP contribution is 2.35. The average Bonchev–Trinajstić information content (AvgIpc) is 3.02. The number of rotatable bonds is 18. The predicted octanol–water partition coefficient (Wildman–Crippen LogP) is 6.03. The van der Waals surface area contributed by atoms with Crippen molar-refractivity contribution in [1.29, 1.82) is 0 Å². The molecule has 0 saturated heterocycles. The molecule has 11 nitrogen and oxygen atoms in total. The number of carbonyl (C=O) groups is 2. The summed E-state index contributed by atoms with van der Waals surface area (Å²) in [4.78, 5) is 34.7. The molecule has 0 aliphatic rings. The third-order valence-corrected chi connectivity index (χ3v) is 6.63. The van der Waals surface area contributed by atoms with Crippen molar-refractivity contribution in [2.45, 2.75) is 44.9 Å². The van der Waals surface area contributed by atoms with E-state index in [2.05, 4.69) is 19.7 Å². The van der Waals surface area contributed by atoms with Crippen LogP contribution in [0.5, 0.6) is 23.0 Å². The van der Waals surface area contributed by atoms with Gasteiger partial charge in [0.15, 0.2) is 17.5 Å². The molecule has 4 rings (SSSR count). The molecule has 0 fully saturated rings. The van der Waals surface area contributed by atoms with Gasteiger partial charge in [0.05, 0.1) is 30.9 Å². The van der Waals surface area contributed by atoms with Crippen molar-refractivity contribution in [3.05, 3.63) is 66.7 Å². The number of phenolic OH excluding ortho intramolecular Hbond substituents is 2. The summed E-state index contributed by atoms with van der Waals surface area (Å²) in [6, 6.07) is 19.1. The highest BCUT2D eigenvalue weighted by atomic mass is 16.5. The van der Waals surface area contributed by atoms with E-state index in [-0.39, 0.29) is 29.6 Å². The fraction of sp³-hybridized carbons (Fsp3) is 0.303. The number of benzene rings is 3. The van der Waals surface area contributed by atoms with Crippen LogP contribution in [0.15, 0.2) is 66.7 Å². The zero-order valence-corrected chi connectivity index (χ0v) is 24.2. The first-order valence-electron chi connectivity index (χ1n) is 14.5. The molecule has 0 amide bonds. The lowest BCUT2D eigenvalue weighted by Crippen LogP contribution is -2.02. The molecule has 3 N–H and O–H groups in total. The van der Waals surface area contributed by atoms with E-state index in [0.29, 0.717) is 67.6 Å². The minimum absolute atomic E-state index is 0.0747. The number of unbranched alkanes of at least 4 members (excludes halogenated alkanes) is 4. The van der Waals surface area contributed by atoms with Crippen LogP contribution in [0.2, 0.25) is 0 Å². The highest BCUT2D eigenvalue weighted by molar-refractivity contribution is 5.72. The minimum atomic E-state index is -0.813. The average molecular weight is 602 g/mol. The van der Waals surface area contributed by atoms with E-state index in [4.69, 9.17) is 14.6 Å². The Morgan fingerprint density at radius 1 is 0.659 bits per heavy atom. The molecule has 0 bridgehead atoms. The summed E-state index contributed by atoms with van der Waals surface area (Å²) in [5, 5.41) is 30.5. The molecular weight excluding hydrogens is 566 g/mol. The first-order valence-corrected chi connectivity index (χ1v) is 14.5. The fourth-order valence-corrected chi connectivity index (χ4v) is 4.36. The molecular formula is C33H35N3O8. The standard InChI is InChI=1S/C33H35N3O8/c37-22-42-17-7-3-9-19-44-25-14-16-27(29(39)21-25)33-35-31(23-10-4-1-5-11-23)34-32(36-33)26-15-13-24(20-28(26)38)43-18-8-2-6-12-30(40)41/h1,4-5,10-11,13-16,20-22,38-39H,2-3,6-9,12,17-19H2,(H,40,41). The Kier molecular flexibility index (Phi) is 11.9. The molecule has 0 saturated carbocycles. The molecule has 1 aromatic heterocycles. The summed E-state index contributed by atoms with van der Waals surface area (Å²) in [7, 11) is 0. The quantitative estimate of drug-likeness (QED) is 0.0902. The van der Waals surface area contributed by atoms with Crippen molar-refractivity contribution in [3.63, 3.8) is 0 Å². The Bertz CT molecular complexity index is 1530. The second kappa shape index (κ2) is 16.4. The van der Waals surface area contributed by atoms with Gasteiger partial charge in [0, 0.05) is 24.1 Å². The van der Waals surface area contributed by atoms with Gasteiger partial charge in [0.1, 0.15) is 23.0 Å². The van der Waals surface area contributed by atoms with Crippen LogP contribution in [-0.2, 0) is 14.3 Å². The molecule has 0 atom stereocenters. The Hall–Kier alpha value is -5.19. The van der Waals surface area contributed by atoms with Crippen molar-refractivity contribution in [1.82, 2.24) is 15.0 Å². The summed E-state index contributed by atoms with van der Waals surface area (Å²) < 4.78 is 16.2. The van der Waals surface area contributed by atoms with Crippen LogP contribution in [0.4, 0.5) is 0 Å². The monoisotopic (exact) mass is 601 g/mol. The van der Waals surface area contributed by atoms with Crippen molar-refractivity contribution in [2.75, 3.05) is 19.8 Å². The number of ether oxygens (including phenoxy) is 3. The number of carbonyl (C=O) groups excluding carboxylic acids is 1. The van der Waals surface area contributed by atoms with Crippen LogP contribution in [0.25, 0.3) is 34.2 Å². The summed E-state index contributed by atoms with van der Waals surface area (Å²) in [5.41, 5.74) is 1.46. The molecule has 0 aliphatic carbocycles. The van der Waals surface area contributed by atoms with Crippen molar-refractivity contribution >= 4 is 12.4 Å². The van der Waals surface area contributed by atoms with Gasteiger partial charge in [-0.25, -0.2) is 15.0 Å². The summed E-state index contributed by atoms with van der Waals surface area (Å²) in [5.74, 6) is 0.771. The molecule has 0 radical (unpaired) electrons. The van der Waals surface area contributed by atoms with E-state index >= 15 is 0 Å². The van der Waals surface area contributed by atoms with Crippen molar-refractivity contribution in [3.8, 4) is 57.2 Å². The van der Waals surface area contributed by atoms with Crippen LogP contribution in [-0.4, -0.2) is 62.5 Å². The second-order valence-electron chi connectivity index (χ2n) is 9.96. The van der Waals surface area contributed by atoms with Gasteiger partial charge >= 0.3 is 5.97 Å². The summed E-state index contributed by atoms with van der Waals surface area (Å²) in [6.45, 7) is 1.65. The number of hydrogen-bond acceptors (Lipinski definition) is 10. The van der Waals surface area contributed by atoms with E-state index in [1.54, 1.807) is 24.3 Å². The van der Waals surface area contributed by atoms with Crippen molar-refractivity contribution in [2.24, 2.45) is 0 Å². The van der Waals surface area contributed by atoms with Crippen LogP contribution in [0.3, 0.4) is 0 Å². The molecule has 3 aromatic carbocycles. The predicted molar refractivity (Wildman–Crippen MR) is 162 cm³/mol. The summed E-state index contributed by atoms with van der Waals surface area (Å²) in [6.07, 6.45) is 4.49. The maximum absolute atomic E-state index is 10.9. The first kappa shape index (κ1) is 31.7. The van der Waals surface area contributed by atoms with Gasteiger partial charge in [0.25, 0.3) is 6.47 Å². The molecule has 0 aliphatic heterocycles. The largest absolute Gasteiger partial charge is 0.507 e. The molecule has 230 valence electrons. The van der Waals surface area contributed by atoms with E-state index in [1.807, 2.05) is 30.3 Å². The lowest BCUT2D eigenvalue weighted by molar-refractivity contribution is -0.137. The number of nitrogens with zero attached hydrogens (tertiary/aromatic N) is 3. The van der Waals surface area contributed by atoms with Crippen molar-refractivity contribution < 1.29 is 39.1 Å². The normalized spacial score (nSPS) is 10.7. The number of aromatic hydroxyl groups is 2. The molecule has 1 heterocycles. The van der Waals surface area contributed by atoms with Crippen LogP contribution in [0.1, 0.15) is 44.9 Å². The van der Waals surface area contributed by atoms with Gasteiger partial charge in [-0.2, -0.15) is 0 Å². The zero-order valence-electron chi connectivity index (χ0n) is 24.2. The van der Waals surface area contributed by atoms with Gasteiger partial charge in [-0.3, -0.25) is 9.59 Å². The van der Waals surface area contributed by atoms with Crippen LogP contribution in [0, 0.1) is 0 Å². The topological polar surface area (TPSA) is 161 Å². The van der Waals surface area contributed by atoms with E-state index in [0.717, 1.165) is 31.2 Å². The Labute approximate surface area is 255 Å². The van der Waals surface area contributed by atoms with Gasteiger partial charge in [-0.05, 0) is 62.8 Å². The Morgan fingerprint density at radius 2 is 1.18 bits per heavy atom. The Balaban J connectivity index is 1.52. The highest BCUT2D eigenvalue weighted by Gasteiger charge is 2.17. The number of hydrogen-bond donors (Lipinski definition) is 3. The van der Waals surface area contributed by atoms with Gasteiger partial charge < -0.3 is 29.5 Å². The van der Waals surface area contributed by atoms with Gasteiger partial charge in [-0.1, -0.05) is 30.3 Å². The van der Waals surface area contributed by atoms with E-state index in [9.17, 15) is 19.8 Å². The van der Waals surface area contributed by atoms with E-state index < -0.39 is 5.97 Å². The maximum Gasteiger partial charge on any atom is 0.303 e. The molecule has 4 aromatic rings. The number of aromatic nitrogens is 3. The molecule has 44 heavy (non-hydrogen) atoms. The van der Waals surface area contributed by atoms with Crippen LogP contribution < -0.4 is 9.47 Å². The lowest BCUT2D eigenvalue weighted by atomic mass is 10.1. The third-order valence-electron chi connectivity index (χ3n) is 6.63. The smallest absolute Gasteiger partial charge is 0.303 e. The molecule has 0 spiro atoms. The number of aliphatic carboxylic acids is 1. The molecule has 0 unspecified atom stereocenters. The fourth-order valence-electron chi connectivity index (χ4n) is 4.36. The van der Waals surface area contributed by atoms with E-state index in [1.165, 1.54) is 12.1 Å². The maximum atomic E-state index is 10.9. The number of carboxylic acid groups (broad SMARTS) is 1. The SMILES string of the molecule is O=COCCCCCOc1ccc(-c2nc(-c3ccccc3)nc(-c3ccc(OCCCCCC(=O)O)cc3O)n2)c(O)c1.